The van der Waals surface area contributed by atoms with Gasteiger partial charge >= 0.3 is 17.9 Å². The van der Waals surface area contributed by atoms with Crippen LogP contribution in [0, 0.1) is 6.92 Å². The van der Waals surface area contributed by atoms with Crippen molar-refractivity contribution in [3.63, 3.8) is 0 Å². The van der Waals surface area contributed by atoms with Crippen molar-refractivity contribution in [2.45, 2.75) is 65.0 Å². The highest BCUT2D eigenvalue weighted by atomic mass is 16.6. The molecule has 36 heavy (non-hydrogen) atoms. The minimum Gasteiger partial charge on any atom is -0.444 e. The van der Waals surface area contributed by atoms with Crippen LogP contribution in [0.5, 0.6) is 0 Å². The first-order chi connectivity index (χ1) is 16.8. The van der Waals surface area contributed by atoms with Crippen LogP contribution in [0.3, 0.4) is 0 Å². The largest absolute Gasteiger partial charge is 0.444 e. The third kappa shape index (κ3) is 6.33. The molecule has 0 spiro atoms. The van der Waals surface area contributed by atoms with Gasteiger partial charge in [0.25, 0.3) is 0 Å². The molecule has 9 heteroatoms. The van der Waals surface area contributed by atoms with Crippen LogP contribution >= 0.6 is 0 Å². The number of pyridine rings is 1. The Labute approximate surface area is 213 Å². The number of nitrogens with zero attached hydrogens (tertiary/aromatic N) is 3. The van der Waals surface area contributed by atoms with Gasteiger partial charge in [-0.05, 0) is 83.2 Å². The van der Waals surface area contributed by atoms with E-state index in [2.05, 4.69) is 21.7 Å². The zero-order valence-electron chi connectivity index (χ0n) is 22.3. The first kappa shape index (κ1) is 27.0. The topological polar surface area (TPSA) is 104 Å². The second-order valence-corrected chi connectivity index (χ2v) is 10.6. The van der Waals surface area contributed by atoms with E-state index in [4.69, 9.17) is 4.74 Å². The van der Waals surface area contributed by atoms with Gasteiger partial charge in [-0.1, -0.05) is 12.1 Å². The third-order valence-electron chi connectivity index (χ3n) is 6.27. The lowest BCUT2D eigenvalue weighted by Crippen LogP contribution is -2.53. The molecular weight excluding hydrogens is 458 g/mol. The lowest BCUT2D eigenvalue weighted by atomic mass is 9.81. The summed E-state index contributed by atoms with van der Waals surface area (Å²) in [5.74, 6) is -0.986. The molecule has 0 unspecified atom stereocenters. The average molecular weight is 496 g/mol. The molecule has 1 aromatic heterocycles. The normalized spacial score (nSPS) is 17.8. The van der Waals surface area contributed by atoms with Gasteiger partial charge in [-0.15, -0.1) is 0 Å². The fourth-order valence-corrected chi connectivity index (χ4v) is 4.35. The van der Waals surface area contributed by atoms with Crippen molar-refractivity contribution in [3.8, 4) is 0 Å². The number of ether oxygens (including phenoxy) is 1. The summed E-state index contributed by atoms with van der Waals surface area (Å²) in [5.41, 5.74) is 1.81. The molecule has 3 amide bonds. The van der Waals surface area contributed by atoms with Crippen LogP contribution in [0.1, 0.15) is 58.1 Å². The molecule has 1 aliphatic heterocycles. The fraction of sp³-hybridized carbons (Fsp3) is 0.481. The van der Waals surface area contributed by atoms with Gasteiger partial charge in [0.05, 0.1) is 17.4 Å². The Balaban J connectivity index is 1.75. The SMILES string of the molecule is Cc1cc(NC(=O)C(=O)N2CCCC[C@@]2(C)c2cccc(N(C)C)c2)cnc1NC(=O)OC(C)(C)C. The van der Waals surface area contributed by atoms with E-state index < -0.39 is 29.0 Å². The van der Waals surface area contributed by atoms with Gasteiger partial charge in [-0.3, -0.25) is 14.9 Å². The van der Waals surface area contributed by atoms with E-state index in [1.807, 2.05) is 44.1 Å². The fourth-order valence-electron chi connectivity index (χ4n) is 4.35. The number of hydrogen-bond acceptors (Lipinski definition) is 6. The highest BCUT2D eigenvalue weighted by molar-refractivity contribution is 6.39. The van der Waals surface area contributed by atoms with Crippen LogP contribution < -0.4 is 15.5 Å². The Bertz CT molecular complexity index is 1140. The molecule has 2 N–H and O–H groups in total. The number of nitrogens with one attached hydrogen (secondary N) is 2. The zero-order chi connectivity index (χ0) is 26.7. The van der Waals surface area contributed by atoms with Crippen molar-refractivity contribution < 1.29 is 19.1 Å². The monoisotopic (exact) mass is 495 g/mol. The summed E-state index contributed by atoms with van der Waals surface area (Å²) in [6, 6.07) is 9.74. The number of carbonyl (C=O) groups is 3. The van der Waals surface area contributed by atoms with Crippen molar-refractivity contribution >= 4 is 35.1 Å². The summed E-state index contributed by atoms with van der Waals surface area (Å²) in [4.78, 5) is 46.3. The molecule has 9 nitrogen and oxygen atoms in total. The van der Waals surface area contributed by atoms with E-state index >= 15 is 0 Å². The number of aryl methyl sites for hydroxylation is 1. The number of amides is 3. The Morgan fingerprint density at radius 2 is 1.83 bits per heavy atom. The van der Waals surface area contributed by atoms with Crippen LogP contribution in [-0.2, 0) is 19.9 Å². The quantitative estimate of drug-likeness (QED) is 0.598. The van der Waals surface area contributed by atoms with Crippen molar-refractivity contribution in [1.29, 1.82) is 0 Å². The molecule has 194 valence electrons. The predicted octanol–water partition coefficient (Wildman–Crippen LogP) is 4.67. The van der Waals surface area contributed by atoms with E-state index in [-0.39, 0.29) is 0 Å². The van der Waals surface area contributed by atoms with Gasteiger partial charge in [0.15, 0.2) is 0 Å². The summed E-state index contributed by atoms with van der Waals surface area (Å²) in [7, 11) is 3.95. The van der Waals surface area contributed by atoms with Crippen LogP contribution in [0.25, 0.3) is 0 Å². The molecule has 3 rings (SSSR count). The molecule has 1 aromatic carbocycles. The molecule has 1 saturated heterocycles. The maximum atomic E-state index is 13.3. The maximum Gasteiger partial charge on any atom is 0.413 e. The van der Waals surface area contributed by atoms with E-state index in [1.54, 1.807) is 38.7 Å². The Morgan fingerprint density at radius 3 is 2.47 bits per heavy atom. The maximum absolute atomic E-state index is 13.3. The number of piperidine rings is 1. The molecule has 1 aliphatic rings. The Morgan fingerprint density at radius 1 is 1.11 bits per heavy atom. The highest BCUT2D eigenvalue weighted by Gasteiger charge is 2.41. The molecule has 1 fully saturated rings. The van der Waals surface area contributed by atoms with E-state index in [0.717, 1.165) is 30.5 Å². The second kappa shape index (κ2) is 10.6. The minimum atomic E-state index is -0.721. The van der Waals surface area contributed by atoms with Gasteiger partial charge < -0.3 is 19.9 Å². The highest BCUT2D eigenvalue weighted by Crippen LogP contribution is 2.38. The average Bonchev–Trinajstić information content (AvgIpc) is 2.79. The molecule has 0 aliphatic carbocycles. The summed E-state index contributed by atoms with van der Waals surface area (Å²) < 4.78 is 5.25. The Kier molecular flexibility index (Phi) is 7.91. The lowest BCUT2D eigenvalue weighted by Gasteiger charge is -2.45. The first-order valence-corrected chi connectivity index (χ1v) is 12.2. The van der Waals surface area contributed by atoms with Crippen LogP contribution in [0.15, 0.2) is 36.5 Å². The number of rotatable bonds is 4. The van der Waals surface area contributed by atoms with Crippen LogP contribution in [0.4, 0.5) is 22.0 Å². The van der Waals surface area contributed by atoms with Crippen molar-refractivity contribution in [2.24, 2.45) is 0 Å². The zero-order valence-corrected chi connectivity index (χ0v) is 22.3. The number of likely N-dealkylation sites (tertiary alicyclic amines) is 1. The summed E-state index contributed by atoms with van der Waals surface area (Å²) in [6.45, 7) is 9.59. The number of benzene rings is 1. The van der Waals surface area contributed by atoms with E-state index in [0.29, 0.717) is 23.6 Å². The lowest BCUT2D eigenvalue weighted by molar-refractivity contribution is -0.149. The molecule has 0 saturated carbocycles. The van der Waals surface area contributed by atoms with E-state index in [9.17, 15) is 14.4 Å². The summed E-state index contributed by atoms with van der Waals surface area (Å²) in [5, 5.41) is 5.27. The second-order valence-electron chi connectivity index (χ2n) is 10.6. The summed E-state index contributed by atoms with van der Waals surface area (Å²) >= 11 is 0. The standard InChI is InChI=1S/C27H37N5O4/c1-18-15-20(17-28-22(18)30-25(35)36-26(2,3)4)29-23(33)24(34)32-14-9-8-13-27(32,5)19-11-10-12-21(16-19)31(6)7/h10-12,15-17H,8-9,13-14H2,1-7H3,(H,29,33)(H,28,30,35)/t27-/m0/s1. The van der Waals surface area contributed by atoms with Crippen molar-refractivity contribution in [2.75, 3.05) is 36.2 Å². The number of anilines is 3. The van der Waals surface area contributed by atoms with Gasteiger partial charge in [0, 0.05) is 26.3 Å². The first-order valence-electron chi connectivity index (χ1n) is 12.2. The van der Waals surface area contributed by atoms with Crippen molar-refractivity contribution in [3.05, 3.63) is 47.7 Å². The molecular formula is C27H37N5O4. The van der Waals surface area contributed by atoms with Crippen LogP contribution in [0.2, 0.25) is 0 Å². The van der Waals surface area contributed by atoms with Crippen LogP contribution in [-0.4, -0.2) is 54.0 Å². The molecule has 2 heterocycles. The molecule has 0 radical (unpaired) electrons. The van der Waals surface area contributed by atoms with Crippen molar-refractivity contribution in [1.82, 2.24) is 9.88 Å². The smallest absolute Gasteiger partial charge is 0.413 e. The van der Waals surface area contributed by atoms with Gasteiger partial charge in [-0.2, -0.15) is 0 Å². The third-order valence-corrected chi connectivity index (χ3v) is 6.27. The number of carbonyl (C=O) groups excluding carboxylic acids is 3. The predicted molar refractivity (Wildman–Crippen MR) is 141 cm³/mol. The molecule has 0 bridgehead atoms. The summed E-state index contributed by atoms with van der Waals surface area (Å²) in [6.07, 6.45) is 3.37. The van der Waals surface area contributed by atoms with Gasteiger partial charge in [0.2, 0.25) is 0 Å². The minimum absolute atomic E-state index is 0.318. The van der Waals surface area contributed by atoms with Gasteiger partial charge in [0.1, 0.15) is 11.4 Å². The number of hydrogen-bond donors (Lipinski definition) is 2. The molecule has 1 atom stereocenters. The number of aromatic nitrogens is 1. The van der Waals surface area contributed by atoms with E-state index in [1.165, 1.54) is 6.20 Å². The van der Waals surface area contributed by atoms with Gasteiger partial charge in [-0.25, -0.2) is 9.78 Å². The Hall–Kier alpha value is -3.62. The molecule has 2 aromatic rings.